The fourth-order valence-corrected chi connectivity index (χ4v) is 2.32. The number of rotatable bonds is 5. The van der Waals surface area contributed by atoms with Gasteiger partial charge in [0.2, 0.25) is 0 Å². The van der Waals surface area contributed by atoms with E-state index in [9.17, 15) is 4.79 Å². The minimum atomic E-state index is -0.365. The zero-order valence-corrected chi connectivity index (χ0v) is 11.3. The van der Waals surface area contributed by atoms with Crippen LogP contribution < -0.4 is 11.1 Å². The molecule has 1 heterocycles. The van der Waals surface area contributed by atoms with Crippen LogP contribution in [-0.4, -0.2) is 44.2 Å². The van der Waals surface area contributed by atoms with Gasteiger partial charge in [0.25, 0.3) is 0 Å². The Morgan fingerprint density at radius 1 is 1.42 bits per heavy atom. The summed E-state index contributed by atoms with van der Waals surface area (Å²) in [6, 6.07) is 5.19. The predicted octanol–water partition coefficient (Wildman–Crippen LogP) is 1.56. The third kappa shape index (κ3) is 3.61. The molecule has 0 amide bonds. The maximum absolute atomic E-state index is 11.4. The molecule has 0 spiro atoms. The first-order valence-corrected chi connectivity index (χ1v) is 6.65. The van der Waals surface area contributed by atoms with Crippen LogP contribution in [-0.2, 0) is 4.74 Å². The van der Waals surface area contributed by atoms with Crippen LogP contribution in [0, 0.1) is 0 Å². The molecule has 5 heteroatoms. The van der Waals surface area contributed by atoms with Crippen molar-refractivity contribution in [1.82, 2.24) is 4.90 Å². The number of ether oxygens (including phenoxy) is 1. The van der Waals surface area contributed by atoms with Gasteiger partial charge in [0.1, 0.15) is 0 Å². The molecule has 0 radical (unpaired) electrons. The maximum Gasteiger partial charge on any atom is 0.337 e. The number of nitrogen functional groups attached to an aromatic ring is 1. The highest BCUT2D eigenvalue weighted by molar-refractivity contribution is 5.91. The zero-order valence-electron chi connectivity index (χ0n) is 11.3. The van der Waals surface area contributed by atoms with E-state index in [2.05, 4.69) is 15.0 Å². The SMILES string of the molecule is COC(=O)c1ccc(NCCN2CCCC2)c(N)c1. The molecule has 1 aliphatic heterocycles. The van der Waals surface area contributed by atoms with E-state index in [-0.39, 0.29) is 5.97 Å². The molecule has 0 saturated carbocycles. The van der Waals surface area contributed by atoms with Crippen molar-refractivity contribution in [2.24, 2.45) is 0 Å². The second-order valence-electron chi connectivity index (χ2n) is 4.77. The summed E-state index contributed by atoms with van der Waals surface area (Å²) in [4.78, 5) is 13.8. The van der Waals surface area contributed by atoms with Crippen LogP contribution in [0.5, 0.6) is 0 Å². The number of hydrogen-bond acceptors (Lipinski definition) is 5. The Morgan fingerprint density at radius 3 is 2.79 bits per heavy atom. The van der Waals surface area contributed by atoms with Crippen LogP contribution in [0.25, 0.3) is 0 Å². The van der Waals surface area contributed by atoms with Crippen molar-refractivity contribution in [2.75, 3.05) is 44.3 Å². The van der Waals surface area contributed by atoms with Crippen LogP contribution in [0.4, 0.5) is 11.4 Å². The highest BCUT2D eigenvalue weighted by atomic mass is 16.5. The summed E-state index contributed by atoms with van der Waals surface area (Å²) < 4.78 is 4.66. The number of carbonyl (C=O) groups excluding carboxylic acids is 1. The van der Waals surface area contributed by atoms with Crippen LogP contribution in [0.1, 0.15) is 23.2 Å². The van der Waals surface area contributed by atoms with E-state index < -0.39 is 0 Å². The zero-order chi connectivity index (χ0) is 13.7. The fourth-order valence-electron chi connectivity index (χ4n) is 2.32. The van der Waals surface area contributed by atoms with Crippen LogP contribution in [0.3, 0.4) is 0 Å². The molecule has 0 atom stereocenters. The third-order valence-corrected chi connectivity index (χ3v) is 3.41. The summed E-state index contributed by atoms with van der Waals surface area (Å²) in [6.45, 7) is 4.27. The minimum absolute atomic E-state index is 0.365. The number of nitrogens with one attached hydrogen (secondary N) is 1. The van der Waals surface area contributed by atoms with Crippen molar-refractivity contribution >= 4 is 17.3 Å². The van der Waals surface area contributed by atoms with Crippen molar-refractivity contribution in [2.45, 2.75) is 12.8 Å². The molecule has 1 aromatic carbocycles. The molecule has 0 aromatic heterocycles. The molecular weight excluding hydrogens is 242 g/mol. The van der Waals surface area contributed by atoms with Gasteiger partial charge in [-0.15, -0.1) is 0 Å². The van der Waals surface area contributed by atoms with E-state index in [4.69, 9.17) is 5.73 Å². The molecule has 1 aliphatic rings. The summed E-state index contributed by atoms with van der Waals surface area (Å²) in [6.07, 6.45) is 2.60. The number of nitrogens with zero attached hydrogens (tertiary/aromatic N) is 1. The van der Waals surface area contributed by atoms with E-state index in [0.29, 0.717) is 11.3 Å². The number of anilines is 2. The standard InChI is InChI=1S/C14H21N3O2/c1-19-14(18)11-4-5-13(12(15)10-11)16-6-9-17-7-2-3-8-17/h4-5,10,16H,2-3,6-9,15H2,1H3. The first-order chi connectivity index (χ1) is 9.20. The molecule has 0 bridgehead atoms. The Hall–Kier alpha value is -1.75. The lowest BCUT2D eigenvalue weighted by Crippen LogP contribution is -2.26. The highest BCUT2D eigenvalue weighted by Gasteiger charge is 2.11. The van der Waals surface area contributed by atoms with Gasteiger partial charge in [-0.2, -0.15) is 0 Å². The summed E-state index contributed by atoms with van der Waals surface area (Å²) in [7, 11) is 1.36. The Bertz CT molecular complexity index is 442. The molecule has 3 N–H and O–H groups in total. The Balaban J connectivity index is 1.87. The van der Waals surface area contributed by atoms with Crippen molar-refractivity contribution < 1.29 is 9.53 Å². The van der Waals surface area contributed by atoms with E-state index >= 15 is 0 Å². The third-order valence-electron chi connectivity index (χ3n) is 3.41. The van der Waals surface area contributed by atoms with Gasteiger partial charge in [-0.05, 0) is 44.1 Å². The summed E-state index contributed by atoms with van der Waals surface area (Å²) >= 11 is 0. The molecule has 19 heavy (non-hydrogen) atoms. The number of methoxy groups -OCH3 is 1. The van der Waals surface area contributed by atoms with Gasteiger partial charge in [0, 0.05) is 13.1 Å². The van der Waals surface area contributed by atoms with Gasteiger partial charge in [0.15, 0.2) is 0 Å². The lowest BCUT2D eigenvalue weighted by atomic mass is 10.1. The second-order valence-corrected chi connectivity index (χ2v) is 4.77. The van der Waals surface area contributed by atoms with Crippen LogP contribution in [0.2, 0.25) is 0 Å². The lowest BCUT2D eigenvalue weighted by molar-refractivity contribution is 0.0601. The van der Waals surface area contributed by atoms with E-state index in [1.54, 1.807) is 12.1 Å². The maximum atomic E-state index is 11.4. The molecule has 5 nitrogen and oxygen atoms in total. The first-order valence-electron chi connectivity index (χ1n) is 6.65. The summed E-state index contributed by atoms with van der Waals surface area (Å²) in [5.74, 6) is -0.365. The molecule has 1 saturated heterocycles. The molecular formula is C14H21N3O2. The lowest BCUT2D eigenvalue weighted by Gasteiger charge is -2.16. The first kappa shape index (κ1) is 13.7. The molecule has 2 rings (SSSR count). The summed E-state index contributed by atoms with van der Waals surface area (Å²) in [5, 5.41) is 3.31. The average molecular weight is 263 g/mol. The van der Waals surface area contributed by atoms with Crippen molar-refractivity contribution in [3.8, 4) is 0 Å². The number of hydrogen-bond donors (Lipinski definition) is 2. The monoisotopic (exact) mass is 263 g/mol. The van der Waals surface area contributed by atoms with Gasteiger partial charge in [0.05, 0.1) is 24.0 Å². The van der Waals surface area contributed by atoms with Crippen LogP contribution >= 0.6 is 0 Å². The second kappa shape index (κ2) is 6.43. The summed E-state index contributed by atoms with van der Waals surface area (Å²) in [5.41, 5.74) is 7.84. The van der Waals surface area contributed by atoms with Gasteiger partial charge < -0.3 is 20.7 Å². The number of benzene rings is 1. The number of esters is 1. The largest absolute Gasteiger partial charge is 0.465 e. The smallest absolute Gasteiger partial charge is 0.337 e. The minimum Gasteiger partial charge on any atom is -0.465 e. The van der Waals surface area contributed by atoms with E-state index in [0.717, 1.165) is 18.8 Å². The normalized spacial score (nSPS) is 15.4. The number of carbonyl (C=O) groups is 1. The van der Waals surface area contributed by atoms with Crippen molar-refractivity contribution in [3.05, 3.63) is 23.8 Å². The van der Waals surface area contributed by atoms with Gasteiger partial charge in [-0.25, -0.2) is 4.79 Å². The average Bonchev–Trinajstić information content (AvgIpc) is 2.93. The Morgan fingerprint density at radius 2 is 2.16 bits per heavy atom. The molecule has 1 fully saturated rings. The van der Waals surface area contributed by atoms with Gasteiger partial charge >= 0.3 is 5.97 Å². The Kier molecular flexibility index (Phi) is 4.63. The molecule has 104 valence electrons. The molecule has 1 aromatic rings. The quantitative estimate of drug-likeness (QED) is 0.623. The van der Waals surface area contributed by atoms with Crippen molar-refractivity contribution in [3.63, 3.8) is 0 Å². The van der Waals surface area contributed by atoms with Crippen molar-refractivity contribution in [1.29, 1.82) is 0 Å². The highest BCUT2D eigenvalue weighted by Crippen LogP contribution is 2.20. The van der Waals surface area contributed by atoms with E-state index in [1.807, 2.05) is 6.07 Å². The topological polar surface area (TPSA) is 67.6 Å². The fraction of sp³-hybridized carbons (Fsp3) is 0.500. The van der Waals surface area contributed by atoms with Gasteiger partial charge in [-0.3, -0.25) is 0 Å². The molecule has 0 unspecified atom stereocenters. The van der Waals surface area contributed by atoms with Crippen LogP contribution in [0.15, 0.2) is 18.2 Å². The predicted molar refractivity (Wildman–Crippen MR) is 76.4 cm³/mol. The number of likely N-dealkylation sites (tertiary alicyclic amines) is 1. The molecule has 0 aliphatic carbocycles. The van der Waals surface area contributed by atoms with Gasteiger partial charge in [-0.1, -0.05) is 0 Å². The van der Waals surface area contributed by atoms with E-state index in [1.165, 1.54) is 33.0 Å². The Labute approximate surface area is 113 Å². The number of nitrogens with two attached hydrogens (primary N) is 1.